The Labute approximate surface area is 95.8 Å². The number of likely N-dealkylation sites (N-methyl/N-ethyl adjacent to an activating group) is 1. The van der Waals surface area contributed by atoms with Crippen molar-refractivity contribution in [3.05, 3.63) is 0 Å². The molecule has 15 heavy (non-hydrogen) atoms. The number of hydrogen-bond acceptors (Lipinski definition) is 2. The van der Waals surface area contributed by atoms with Crippen molar-refractivity contribution in [2.45, 2.75) is 58.8 Å². The van der Waals surface area contributed by atoms with Gasteiger partial charge in [-0.2, -0.15) is 0 Å². The van der Waals surface area contributed by atoms with E-state index in [0.717, 1.165) is 26.3 Å². The monoisotopic (exact) mass is 215 g/mol. The van der Waals surface area contributed by atoms with E-state index in [2.05, 4.69) is 19.2 Å². The van der Waals surface area contributed by atoms with Gasteiger partial charge >= 0.3 is 0 Å². The van der Waals surface area contributed by atoms with E-state index in [0.29, 0.717) is 0 Å². The Morgan fingerprint density at radius 3 is 2.13 bits per heavy atom. The van der Waals surface area contributed by atoms with Gasteiger partial charge in [0.2, 0.25) is 0 Å². The van der Waals surface area contributed by atoms with E-state index in [-0.39, 0.29) is 0 Å². The Kier molecular flexibility index (Phi) is 13.8. The Bertz CT molecular complexity index is 94.7. The molecule has 0 aliphatic carbocycles. The summed E-state index contributed by atoms with van der Waals surface area (Å²) >= 11 is 0. The molecule has 0 amide bonds. The first kappa shape index (κ1) is 14.9. The molecular weight excluding hydrogens is 186 g/mol. The summed E-state index contributed by atoms with van der Waals surface area (Å²) in [6.45, 7) is 8.23. The van der Waals surface area contributed by atoms with Crippen LogP contribution in [-0.2, 0) is 4.74 Å². The van der Waals surface area contributed by atoms with Crippen molar-refractivity contribution in [2.75, 3.05) is 26.3 Å². The molecule has 0 aromatic carbocycles. The molecule has 0 rings (SSSR count). The second kappa shape index (κ2) is 13.9. The number of nitrogens with one attached hydrogen (secondary N) is 1. The van der Waals surface area contributed by atoms with Crippen molar-refractivity contribution in [2.24, 2.45) is 0 Å². The van der Waals surface area contributed by atoms with Crippen LogP contribution in [-0.4, -0.2) is 26.3 Å². The first-order chi connectivity index (χ1) is 7.41. The van der Waals surface area contributed by atoms with Crippen LogP contribution in [0.5, 0.6) is 0 Å². The summed E-state index contributed by atoms with van der Waals surface area (Å²) in [6.07, 6.45) is 9.52. The van der Waals surface area contributed by atoms with Gasteiger partial charge in [0.25, 0.3) is 0 Å². The lowest BCUT2D eigenvalue weighted by Crippen LogP contribution is -2.19. The van der Waals surface area contributed by atoms with Gasteiger partial charge in [-0.25, -0.2) is 0 Å². The first-order valence-electron chi connectivity index (χ1n) is 6.70. The summed E-state index contributed by atoms with van der Waals surface area (Å²) in [4.78, 5) is 0. The molecule has 0 spiro atoms. The van der Waals surface area contributed by atoms with Gasteiger partial charge in [-0.3, -0.25) is 0 Å². The van der Waals surface area contributed by atoms with E-state index in [4.69, 9.17) is 4.74 Å². The van der Waals surface area contributed by atoms with Crippen LogP contribution < -0.4 is 5.32 Å². The van der Waals surface area contributed by atoms with Crippen LogP contribution >= 0.6 is 0 Å². The molecule has 0 unspecified atom stereocenters. The van der Waals surface area contributed by atoms with E-state index >= 15 is 0 Å². The molecule has 2 nitrogen and oxygen atoms in total. The quantitative estimate of drug-likeness (QED) is 0.504. The zero-order chi connectivity index (χ0) is 11.2. The fourth-order valence-corrected chi connectivity index (χ4v) is 1.58. The van der Waals surface area contributed by atoms with E-state index in [1.54, 1.807) is 0 Å². The van der Waals surface area contributed by atoms with Crippen molar-refractivity contribution >= 4 is 0 Å². The standard InChI is InChI=1S/C13H29NO/c1-3-5-6-7-8-9-10-12-15-13-11-14-4-2/h14H,3-13H2,1-2H3. The summed E-state index contributed by atoms with van der Waals surface area (Å²) in [7, 11) is 0. The molecule has 0 fully saturated rings. The molecule has 0 saturated heterocycles. The smallest absolute Gasteiger partial charge is 0.0590 e. The van der Waals surface area contributed by atoms with Crippen molar-refractivity contribution in [1.82, 2.24) is 5.32 Å². The normalized spacial score (nSPS) is 10.8. The van der Waals surface area contributed by atoms with Crippen molar-refractivity contribution in [1.29, 1.82) is 0 Å². The first-order valence-corrected chi connectivity index (χ1v) is 6.70. The molecule has 0 aromatic rings. The van der Waals surface area contributed by atoms with Gasteiger partial charge in [0.1, 0.15) is 0 Å². The zero-order valence-electron chi connectivity index (χ0n) is 10.7. The van der Waals surface area contributed by atoms with Gasteiger partial charge in [-0.15, -0.1) is 0 Å². The van der Waals surface area contributed by atoms with E-state index in [1.165, 1.54) is 44.9 Å². The van der Waals surface area contributed by atoms with Crippen molar-refractivity contribution in [3.63, 3.8) is 0 Å². The van der Waals surface area contributed by atoms with Crippen LogP contribution in [0.4, 0.5) is 0 Å². The molecule has 1 N–H and O–H groups in total. The number of ether oxygens (including phenoxy) is 1. The molecule has 0 bridgehead atoms. The molecule has 0 radical (unpaired) electrons. The van der Waals surface area contributed by atoms with Crippen LogP contribution in [0.1, 0.15) is 58.8 Å². The third-order valence-electron chi connectivity index (χ3n) is 2.57. The third kappa shape index (κ3) is 13.9. The molecule has 0 aromatic heterocycles. The second-order valence-corrected chi connectivity index (χ2v) is 4.09. The van der Waals surface area contributed by atoms with Gasteiger partial charge in [0, 0.05) is 13.2 Å². The third-order valence-corrected chi connectivity index (χ3v) is 2.57. The molecule has 0 atom stereocenters. The Morgan fingerprint density at radius 1 is 0.800 bits per heavy atom. The van der Waals surface area contributed by atoms with E-state index in [9.17, 15) is 0 Å². The molecule has 0 saturated carbocycles. The zero-order valence-corrected chi connectivity index (χ0v) is 10.7. The highest BCUT2D eigenvalue weighted by atomic mass is 16.5. The molecule has 92 valence electrons. The SMILES string of the molecule is CCCCCCCCCOCCNCC. The minimum Gasteiger partial charge on any atom is -0.380 e. The Morgan fingerprint density at radius 2 is 1.47 bits per heavy atom. The van der Waals surface area contributed by atoms with Crippen LogP contribution in [0.2, 0.25) is 0 Å². The fraction of sp³-hybridized carbons (Fsp3) is 1.00. The van der Waals surface area contributed by atoms with Gasteiger partial charge in [0.05, 0.1) is 6.61 Å². The van der Waals surface area contributed by atoms with Crippen LogP contribution in [0.25, 0.3) is 0 Å². The summed E-state index contributed by atoms with van der Waals surface area (Å²) in [5.41, 5.74) is 0. The van der Waals surface area contributed by atoms with Crippen LogP contribution in [0, 0.1) is 0 Å². The van der Waals surface area contributed by atoms with Gasteiger partial charge in [0.15, 0.2) is 0 Å². The lowest BCUT2D eigenvalue weighted by molar-refractivity contribution is 0.132. The number of rotatable bonds is 12. The highest BCUT2D eigenvalue weighted by Gasteiger charge is 1.91. The lowest BCUT2D eigenvalue weighted by Gasteiger charge is -2.04. The molecule has 0 aliphatic rings. The molecule has 2 heteroatoms. The maximum atomic E-state index is 5.50. The van der Waals surface area contributed by atoms with Crippen molar-refractivity contribution < 1.29 is 4.74 Å². The number of hydrogen-bond donors (Lipinski definition) is 1. The lowest BCUT2D eigenvalue weighted by atomic mass is 10.1. The topological polar surface area (TPSA) is 21.3 Å². The minimum atomic E-state index is 0.865. The van der Waals surface area contributed by atoms with Crippen LogP contribution in [0.3, 0.4) is 0 Å². The summed E-state index contributed by atoms with van der Waals surface area (Å²) in [5.74, 6) is 0. The highest BCUT2D eigenvalue weighted by Crippen LogP contribution is 2.06. The fourth-order valence-electron chi connectivity index (χ4n) is 1.58. The van der Waals surface area contributed by atoms with Crippen molar-refractivity contribution in [3.8, 4) is 0 Å². The second-order valence-electron chi connectivity index (χ2n) is 4.09. The summed E-state index contributed by atoms with van der Waals surface area (Å²) in [6, 6.07) is 0. The minimum absolute atomic E-state index is 0.865. The van der Waals surface area contributed by atoms with E-state index < -0.39 is 0 Å². The summed E-state index contributed by atoms with van der Waals surface area (Å²) < 4.78 is 5.50. The van der Waals surface area contributed by atoms with Gasteiger partial charge in [-0.05, 0) is 13.0 Å². The Hall–Kier alpha value is -0.0800. The van der Waals surface area contributed by atoms with E-state index in [1.807, 2.05) is 0 Å². The molecular formula is C13H29NO. The predicted molar refractivity (Wildman–Crippen MR) is 67.4 cm³/mol. The number of unbranched alkanes of at least 4 members (excludes halogenated alkanes) is 6. The largest absolute Gasteiger partial charge is 0.380 e. The van der Waals surface area contributed by atoms with Gasteiger partial charge < -0.3 is 10.1 Å². The van der Waals surface area contributed by atoms with Crippen LogP contribution in [0.15, 0.2) is 0 Å². The Balaban J connectivity index is 2.81. The highest BCUT2D eigenvalue weighted by molar-refractivity contribution is 4.45. The maximum Gasteiger partial charge on any atom is 0.0590 e. The van der Waals surface area contributed by atoms with Gasteiger partial charge in [-0.1, -0.05) is 52.4 Å². The average molecular weight is 215 g/mol. The summed E-state index contributed by atoms with van der Waals surface area (Å²) in [5, 5.41) is 3.25. The molecule has 0 heterocycles. The average Bonchev–Trinajstić information content (AvgIpc) is 2.26. The maximum absolute atomic E-state index is 5.50. The predicted octanol–water partition coefficient (Wildman–Crippen LogP) is 3.36. The molecule has 0 aliphatic heterocycles.